The zero-order valence-electron chi connectivity index (χ0n) is 12.4. The van der Waals surface area contributed by atoms with Crippen LogP contribution in [0.15, 0.2) is 4.52 Å². The third-order valence-electron chi connectivity index (χ3n) is 4.84. The first-order valence-corrected chi connectivity index (χ1v) is 7.96. The van der Waals surface area contributed by atoms with Crippen LogP contribution in [0, 0.1) is 0 Å². The van der Waals surface area contributed by atoms with E-state index in [1.807, 2.05) is 6.92 Å². The normalized spacial score (nSPS) is 24.9. The van der Waals surface area contributed by atoms with E-state index in [0.717, 1.165) is 51.4 Å². The predicted octanol–water partition coefficient (Wildman–Crippen LogP) is 2.99. The van der Waals surface area contributed by atoms with Crippen LogP contribution in [0.5, 0.6) is 0 Å². The van der Waals surface area contributed by atoms with Gasteiger partial charge in [0, 0.05) is 6.61 Å². The summed E-state index contributed by atoms with van der Waals surface area (Å²) in [7, 11) is 0. The van der Waals surface area contributed by atoms with Crippen molar-refractivity contribution in [3.05, 3.63) is 11.7 Å². The van der Waals surface area contributed by atoms with E-state index in [9.17, 15) is 0 Å². The number of hydrogen-bond acceptors (Lipinski definition) is 5. The van der Waals surface area contributed by atoms with Gasteiger partial charge in [0.1, 0.15) is 5.60 Å². The molecular weight excluding hydrogens is 254 g/mol. The van der Waals surface area contributed by atoms with Crippen molar-refractivity contribution in [1.82, 2.24) is 10.1 Å². The lowest BCUT2D eigenvalue weighted by atomic mass is 9.82. The third-order valence-corrected chi connectivity index (χ3v) is 4.84. The molecule has 2 saturated carbocycles. The Morgan fingerprint density at radius 3 is 2.40 bits per heavy atom. The summed E-state index contributed by atoms with van der Waals surface area (Å²) in [6.45, 7) is 2.70. The monoisotopic (exact) mass is 279 g/mol. The highest BCUT2D eigenvalue weighted by Gasteiger charge is 2.43. The molecule has 5 heteroatoms. The fraction of sp³-hybridized carbons (Fsp3) is 0.867. The van der Waals surface area contributed by atoms with Crippen LogP contribution in [0.4, 0.5) is 0 Å². The summed E-state index contributed by atoms with van der Waals surface area (Å²) >= 11 is 0. The van der Waals surface area contributed by atoms with Crippen molar-refractivity contribution >= 4 is 0 Å². The Morgan fingerprint density at radius 1 is 1.10 bits per heavy atom. The first-order valence-electron chi connectivity index (χ1n) is 7.96. The van der Waals surface area contributed by atoms with Crippen LogP contribution in [0.3, 0.4) is 0 Å². The second-order valence-corrected chi connectivity index (χ2v) is 6.27. The summed E-state index contributed by atoms with van der Waals surface area (Å²) in [6, 6.07) is 0. The van der Waals surface area contributed by atoms with Gasteiger partial charge in [-0.1, -0.05) is 24.4 Å². The highest BCUT2D eigenvalue weighted by Crippen LogP contribution is 2.42. The minimum atomic E-state index is -0.421. The van der Waals surface area contributed by atoms with Gasteiger partial charge >= 0.3 is 0 Å². The SMILES string of the molecule is CCOC1(c2noc(C3(N)CCCCC3)n2)CCCC1. The molecule has 2 N–H and O–H groups in total. The minimum absolute atomic E-state index is 0.332. The second kappa shape index (κ2) is 5.45. The van der Waals surface area contributed by atoms with Gasteiger partial charge in [0.25, 0.3) is 0 Å². The molecule has 0 aliphatic heterocycles. The summed E-state index contributed by atoms with van der Waals surface area (Å²) in [5, 5.41) is 4.22. The van der Waals surface area contributed by atoms with Gasteiger partial charge in [-0.3, -0.25) is 0 Å². The molecule has 1 aromatic heterocycles. The Morgan fingerprint density at radius 2 is 1.75 bits per heavy atom. The molecule has 2 aliphatic rings. The van der Waals surface area contributed by atoms with Gasteiger partial charge in [-0.15, -0.1) is 0 Å². The molecule has 0 aromatic carbocycles. The molecule has 2 aliphatic carbocycles. The van der Waals surface area contributed by atoms with Crippen molar-refractivity contribution in [1.29, 1.82) is 0 Å². The van der Waals surface area contributed by atoms with Crippen molar-refractivity contribution in [3.63, 3.8) is 0 Å². The van der Waals surface area contributed by atoms with Gasteiger partial charge in [-0.25, -0.2) is 0 Å². The molecule has 0 bridgehead atoms. The second-order valence-electron chi connectivity index (χ2n) is 6.27. The fourth-order valence-corrected chi connectivity index (χ4v) is 3.66. The zero-order valence-corrected chi connectivity index (χ0v) is 12.4. The first-order chi connectivity index (χ1) is 9.69. The van der Waals surface area contributed by atoms with Crippen molar-refractivity contribution in [2.45, 2.75) is 75.9 Å². The summed E-state index contributed by atoms with van der Waals surface area (Å²) in [4.78, 5) is 4.65. The maximum absolute atomic E-state index is 6.47. The van der Waals surface area contributed by atoms with Crippen molar-refractivity contribution in [2.24, 2.45) is 5.73 Å². The fourth-order valence-electron chi connectivity index (χ4n) is 3.66. The lowest BCUT2D eigenvalue weighted by Crippen LogP contribution is -2.39. The number of aromatic nitrogens is 2. The van der Waals surface area contributed by atoms with Gasteiger partial charge in [0.05, 0.1) is 5.54 Å². The standard InChI is InChI=1S/C15H25N3O2/c1-2-19-15(10-6-7-11-15)12-17-13(20-18-12)14(16)8-4-3-5-9-14/h2-11,16H2,1H3. The van der Waals surface area contributed by atoms with Crippen LogP contribution in [-0.4, -0.2) is 16.7 Å². The molecular formula is C15H25N3O2. The molecule has 112 valence electrons. The van der Waals surface area contributed by atoms with Crippen LogP contribution in [0.2, 0.25) is 0 Å². The molecule has 1 aromatic rings. The third kappa shape index (κ3) is 2.37. The summed E-state index contributed by atoms with van der Waals surface area (Å²) in [5.41, 5.74) is 5.72. The van der Waals surface area contributed by atoms with E-state index < -0.39 is 5.54 Å². The molecule has 1 heterocycles. The van der Waals surface area contributed by atoms with Crippen LogP contribution in [-0.2, 0) is 15.9 Å². The van der Waals surface area contributed by atoms with Crippen molar-refractivity contribution in [3.8, 4) is 0 Å². The highest BCUT2D eigenvalue weighted by atomic mass is 16.5. The van der Waals surface area contributed by atoms with Gasteiger partial charge in [-0.2, -0.15) is 4.98 Å². The Labute approximate surface area is 120 Å². The Balaban J connectivity index is 1.85. The number of rotatable bonds is 4. The van der Waals surface area contributed by atoms with Crippen LogP contribution >= 0.6 is 0 Å². The van der Waals surface area contributed by atoms with E-state index in [2.05, 4.69) is 10.1 Å². The van der Waals surface area contributed by atoms with E-state index in [4.69, 9.17) is 15.0 Å². The maximum Gasteiger partial charge on any atom is 0.246 e. The average Bonchev–Trinajstić information content (AvgIpc) is 3.09. The summed E-state index contributed by atoms with van der Waals surface area (Å²) < 4.78 is 11.5. The van der Waals surface area contributed by atoms with Gasteiger partial charge < -0.3 is 15.0 Å². The van der Waals surface area contributed by atoms with E-state index in [1.54, 1.807) is 0 Å². The van der Waals surface area contributed by atoms with Gasteiger partial charge in [0.2, 0.25) is 11.7 Å². The lowest BCUT2D eigenvalue weighted by Gasteiger charge is -2.29. The zero-order chi connectivity index (χ0) is 14.1. The number of nitrogens with zero attached hydrogens (tertiary/aromatic N) is 2. The molecule has 5 nitrogen and oxygen atoms in total. The van der Waals surface area contributed by atoms with Crippen LogP contribution in [0.25, 0.3) is 0 Å². The van der Waals surface area contributed by atoms with Crippen molar-refractivity contribution in [2.75, 3.05) is 6.61 Å². The Kier molecular flexibility index (Phi) is 3.82. The molecule has 0 atom stereocenters. The Hall–Kier alpha value is -0.940. The summed E-state index contributed by atoms with van der Waals surface area (Å²) in [6.07, 6.45) is 9.72. The molecule has 0 unspecified atom stereocenters. The predicted molar refractivity (Wildman–Crippen MR) is 75.0 cm³/mol. The van der Waals surface area contributed by atoms with Gasteiger partial charge in [-0.05, 0) is 45.4 Å². The molecule has 20 heavy (non-hydrogen) atoms. The van der Waals surface area contributed by atoms with Gasteiger partial charge in [0.15, 0.2) is 0 Å². The largest absolute Gasteiger partial charge is 0.367 e. The molecule has 0 amide bonds. The topological polar surface area (TPSA) is 74.2 Å². The number of nitrogens with two attached hydrogens (primary N) is 1. The number of ether oxygens (including phenoxy) is 1. The quantitative estimate of drug-likeness (QED) is 0.917. The molecule has 0 spiro atoms. The smallest absolute Gasteiger partial charge is 0.246 e. The van der Waals surface area contributed by atoms with Crippen molar-refractivity contribution < 1.29 is 9.26 Å². The van der Waals surface area contributed by atoms with E-state index in [1.165, 1.54) is 6.42 Å². The van der Waals surface area contributed by atoms with E-state index >= 15 is 0 Å². The van der Waals surface area contributed by atoms with Crippen LogP contribution < -0.4 is 5.73 Å². The van der Waals surface area contributed by atoms with Crippen LogP contribution in [0.1, 0.15) is 76.4 Å². The average molecular weight is 279 g/mol. The molecule has 0 radical (unpaired) electrons. The molecule has 2 fully saturated rings. The highest BCUT2D eigenvalue weighted by molar-refractivity contribution is 5.09. The lowest BCUT2D eigenvalue weighted by molar-refractivity contribution is -0.0469. The summed E-state index contributed by atoms with van der Waals surface area (Å²) in [5.74, 6) is 1.32. The minimum Gasteiger partial charge on any atom is -0.367 e. The maximum atomic E-state index is 6.47. The molecule has 0 saturated heterocycles. The Bertz CT molecular complexity index is 446. The number of hydrogen-bond donors (Lipinski definition) is 1. The van der Waals surface area contributed by atoms with E-state index in [0.29, 0.717) is 18.3 Å². The van der Waals surface area contributed by atoms with E-state index in [-0.39, 0.29) is 5.60 Å². The first kappa shape index (κ1) is 14.0. The molecule has 3 rings (SSSR count).